The van der Waals surface area contributed by atoms with Crippen molar-refractivity contribution in [3.8, 4) is 0 Å². The van der Waals surface area contributed by atoms with Crippen LogP contribution in [-0.2, 0) is 9.47 Å². The number of nitrogens with zero attached hydrogens (tertiary/aromatic N) is 1. The second-order valence-corrected chi connectivity index (χ2v) is 8.02. The van der Waals surface area contributed by atoms with E-state index in [0.29, 0.717) is 0 Å². The molecule has 0 radical (unpaired) electrons. The van der Waals surface area contributed by atoms with Gasteiger partial charge in [-0.15, -0.1) is 0 Å². The van der Waals surface area contributed by atoms with Gasteiger partial charge in [0, 0.05) is 19.7 Å². The van der Waals surface area contributed by atoms with Crippen LogP contribution in [0.2, 0.25) is 0 Å². The van der Waals surface area contributed by atoms with Crippen LogP contribution in [-0.4, -0.2) is 49.0 Å². The van der Waals surface area contributed by atoms with E-state index in [1.807, 2.05) is 0 Å². The normalized spacial score (nSPS) is 22.2. The Bertz CT molecular complexity index is 239. The highest BCUT2D eigenvalue weighted by Crippen LogP contribution is 2.20. The molecule has 0 aromatic rings. The zero-order valence-corrected chi connectivity index (χ0v) is 14.5. The van der Waals surface area contributed by atoms with Crippen LogP contribution >= 0.6 is 0 Å². The summed E-state index contributed by atoms with van der Waals surface area (Å²) in [5, 5.41) is 0. The fourth-order valence-corrected chi connectivity index (χ4v) is 2.60. The summed E-state index contributed by atoms with van der Waals surface area (Å²) in [7, 11) is 0. The zero-order valence-electron chi connectivity index (χ0n) is 14.5. The first-order valence-corrected chi connectivity index (χ1v) is 8.16. The molecule has 0 aromatic heterocycles. The van der Waals surface area contributed by atoms with Crippen LogP contribution in [0.3, 0.4) is 0 Å². The van der Waals surface area contributed by atoms with Crippen molar-refractivity contribution >= 4 is 0 Å². The molecule has 1 aliphatic heterocycles. The van der Waals surface area contributed by atoms with Crippen LogP contribution in [0.1, 0.15) is 60.8 Å². The zero-order chi connectivity index (χ0) is 15.2. The lowest BCUT2D eigenvalue weighted by Gasteiger charge is -2.34. The quantitative estimate of drug-likeness (QED) is 0.742. The van der Waals surface area contributed by atoms with Crippen molar-refractivity contribution in [3.63, 3.8) is 0 Å². The molecule has 0 amide bonds. The second kappa shape index (κ2) is 7.77. The van der Waals surface area contributed by atoms with Crippen molar-refractivity contribution in [1.82, 2.24) is 4.90 Å². The SMILES string of the molecule is CC(C)(C)OCCC1CCCN(CCOC(C)(C)C)C1. The molecule has 1 aliphatic rings. The molecular weight excluding hydrogens is 250 g/mol. The average molecular weight is 285 g/mol. The van der Waals surface area contributed by atoms with Crippen molar-refractivity contribution in [2.75, 3.05) is 32.8 Å². The van der Waals surface area contributed by atoms with Crippen LogP contribution in [0.5, 0.6) is 0 Å². The predicted octanol–water partition coefficient (Wildman–Crippen LogP) is 3.72. The third kappa shape index (κ3) is 8.93. The molecule has 20 heavy (non-hydrogen) atoms. The summed E-state index contributed by atoms with van der Waals surface area (Å²) in [6.07, 6.45) is 3.85. The van der Waals surface area contributed by atoms with E-state index in [1.165, 1.54) is 32.4 Å². The minimum atomic E-state index is -0.0181. The highest BCUT2D eigenvalue weighted by Gasteiger charge is 2.21. The molecule has 0 N–H and O–H groups in total. The van der Waals surface area contributed by atoms with Crippen molar-refractivity contribution in [1.29, 1.82) is 0 Å². The minimum Gasteiger partial charge on any atom is -0.376 e. The summed E-state index contributed by atoms with van der Waals surface area (Å²) in [6.45, 7) is 18.0. The summed E-state index contributed by atoms with van der Waals surface area (Å²) in [5.74, 6) is 0.792. The maximum absolute atomic E-state index is 5.85. The molecule has 0 aromatic carbocycles. The Labute approximate surface area is 126 Å². The van der Waals surface area contributed by atoms with Gasteiger partial charge in [0.2, 0.25) is 0 Å². The number of ether oxygens (including phenoxy) is 2. The van der Waals surface area contributed by atoms with E-state index in [2.05, 4.69) is 46.4 Å². The van der Waals surface area contributed by atoms with Gasteiger partial charge in [-0.25, -0.2) is 0 Å². The van der Waals surface area contributed by atoms with E-state index in [9.17, 15) is 0 Å². The minimum absolute atomic E-state index is 0.00506. The number of rotatable bonds is 6. The first-order chi connectivity index (χ1) is 9.16. The fourth-order valence-electron chi connectivity index (χ4n) is 2.60. The Morgan fingerprint density at radius 1 is 0.950 bits per heavy atom. The van der Waals surface area contributed by atoms with Gasteiger partial charge in [-0.2, -0.15) is 0 Å². The molecule has 3 nitrogen and oxygen atoms in total. The van der Waals surface area contributed by atoms with Gasteiger partial charge < -0.3 is 14.4 Å². The maximum atomic E-state index is 5.85. The van der Waals surface area contributed by atoms with Crippen LogP contribution < -0.4 is 0 Å². The Morgan fingerprint density at radius 2 is 1.55 bits per heavy atom. The Morgan fingerprint density at radius 3 is 2.15 bits per heavy atom. The Kier molecular flexibility index (Phi) is 6.96. The first kappa shape index (κ1) is 17.9. The van der Waals surface area contributed by atoms with E-state index in [0.717, 1.165) is 25.7 Å². The molecule has 0 saturated carbocycles. The van der Waals surface area contributed by atoms with E-state index in [-0.39, 0.29) is 11.2 Å². The van der Waals surface area contributed by atoms with Crippen molar-refractivity contribution < 1.29 is 9.47 Å². The molecular formula is C17H35NO2. The highest BCUT2D eigenvalue weighted by atomic mass is 16.5. The Hall–Kier alpha value is -0.120. The third-order valence-corrected chi connectivity index (χ3v) is 3.61. The molecule has 1 atom stereocenters. The van der Waals surface area contributed by atoms with Gasteiger partial charge in [0.1, 0.15) is 0 Å². The van der Waals surface area contributed by atoms with Crippen molar-refractivity contribution in [2.24, 2.45) is 5.92 Å². The predicted molar refractivity (Wildman–Crippen MR) is 85.2 cm³/mol. The smallest absolute Gasteiger partial charge is 0.0600 e. The fraction of sp³-hybridized carbons (Fsp3) is 1.00. The Balaban J connectivity index is 2.18. The average Bonchev–Trinajstić information content (AvgIpc) is 2.26. The summed E-state index contributed by atoms with van der Waals surface area (Å²) < 4.78 is 11.7. The number of hydrogen-bond donors (Lipinski definition) is 0. The number of likely N-dealkylation sites (tertiary alicyclic amines) is 1. The van der Waals surface area contributed by atoms with Gasteiger partial charge in [-0.1, -0.05) is 0 Å². The number of piperidine rings is 1. The van der Waals surface area contributed by atoms with Crippen LogP contribution in [0, 0.1) is 5.92 Å². The molecule has 1 unspecified atom stereocenters. The van der Waals surface area contributed by atoms with Crippen LogP contribution in [0.25, 0.3) is 0 Å². The standard InChI is InChI=1S/C17H35NO2/c1-16(2,3)19-12-9-15-8-7-10-18(14-15)11-13-20-17(4,5)6/h15H,7-14H2,1-6H3. The maximum Gasteiger partial charge on any atom is 0.0600 e. The van der Waals surface area contributed by atoms with Gasteiger partial charge in [0.05, 0.1) is 17.8 Å². The monoisotopic (exact) mass is 285 g/mol. The topological polar surface area (TPSA) is 21.7 Å². The van der Waals surface area contributed by atoms with Gasteiger partial charge in [-0.3, -0.25) is 0 Å². The van der Waals surface area contributed by atoms with Crippen molar-refractivity contribution in [3.05, 3.63) is 0 Å². The molecule has 0 bridgehead atoms. The molecule has 120 valence electrons. The van der Waals surface area contributed by atoms with Crippen LogP contribution in [0.4, 0.5) is 0 Å². The van der Waals surface area contributed by atoms with E-state index < -0.39 is 0 Å². The van der Waals surface area contributed by atoms with Gasteiger partial charge in [0.25, 0.3) is 0 Å². The lowest BCUT2D eigenvalue weighted by atomic mass is 9.95. The largest absolute Gasteiger partial charge is 0.376 e. The molecule has 0 aliphatic carbocycles. The van der Waals surface area contributed by atoms with Crippen LogP contribution in [0.15, 0.2) is 0 Å². The summed E-state index contributed by atoms with van der Waals surface area (Å²) in [6, 6.07) is 0. The summed E-state index contributed by atoms with van der Waals surface area (Å²) in [5.41, 5.74) is -0.0232. The highest BCUT2D eigenvalue weighted by molar-refractivity contribution is 4.74. The molecule has 1 fully saturated rings. The number of hydrogen-bond acceptors (Lipinski definition) is 3. The summed E-state index contributed by atoms with van der Waals surface area (Å²) >= 11 is 0. The molecule has 1 saturated heterocycles. The van der Waals surface area contributed by atoms with E-state index >= 15 is 0 Å². The van der Waals surface area contributed by atoms with Crippen molar-refractivity contribution in [2.45, 2.75) is 72.0 Å². The van der Waals surface area contributed by atoms with Gasteiger partial charge in [-0.05, 0) is 73.3 Å². The third-order valence-electron chi connectivity index (χ3n) is 3.61. The molecule has 0 spiro atoms. The van der Waals surface area contributed by atoms with Gasteiger partial charge >= 0.3 is 0 Å². The first-order valence-electron chi connectivity index (χ1n) is 8.16. The molecule has 1 rings (SSSR count). The molecule has 3 heteroatoms. The van der Waals surface area contributed by atoms with E-state index in [4.69, 9.17) is 9.47 Å². The second-order valence-electron chi connectivity index (χ2n) is 8.02. The lowest BCUT2D eigenvalue weighted by molar-refractivity contribution is -0.0244. The molecule has 1 heterocycles. The summed E-state index contributed by atoms with van der Waals surface area (Å²) in [4.78, 5) is 2.55. The lowest BCUT2D eigenvalue weighted by Crippen LogP contribution is -2.39. The van der Waals surface area contributed by atoms with Gasteiger partial charge in [0.15, 0.2) is 0 Å². The van der Waals surface area contributed by atoms with E-state index in [1.54, 1.807) is 0 Å².